The molecule has 3 nitrogen and oxygen atoms in total. The van der Waals surface area contributed by atoms with Crippen molar-refractivity contribution in [2.75, 3.05) is 32.7 Å². The van der Waals surface area contributed by atoms with E-state index in [9.17, 15) is 0 Å². The Morgan fingerprint density at radius 2 is 2.18 bits per heavy atom. The summed E-state index contributed by atoms with van der Waals surface area (Å²) in [7, 11) is 0. The highest BCUT2D eigenvalue weighted by atomic mass is 32.1. The number of nitrogens with zero attached hydrogens (tertiary/aromatic N) is 2. The zero-order valence-electron chi connectivity index (χ0n) is 9.85. The first-order valence-corrected chi connectivity index (χ1v) is 6.95. The fourth-order valence-electron chi connectivity index (χ4n) is 2.30. The van der Waals surface area contributed by atoms with Crippen LogP contribution in [0.4, 0.5) is 0 Å². The number of aromatic nitrogens is 1. The van der Waals surface area contributed by atoms with Crippen molar-refractivity contribution in [1.82, 2.24) is 14.6 Å². The largest absolute Gasteiger partial charge is 0.314 e. The molecular formula is C13H17N3S. The minimum absolute atomic E-state index is 1.13. The Morgan fingerprint density at radius 1 is 1.29 bits per heavy atom. The third-order valence-corrected chi connectivity index (χ3v) is 4.12. The number of benzene rings is 1. The lowest BCUT2D eigenvalue weighted by Gasteiger charge is -2.27. The Kier molecular flexibility index (Phi) is 3.36. The van der Waals surface area contributed by atoms with Crippen molar-refractivity contribution in [3.8, 4) is 0 Å². The van der Waals surface area contributed by atoms with Gasteiger partial charge in [-0.05, 0) is 35.6 Å². The molecule has 1 saturated heterocycles. The van der Waals surface area contributed by atoms with Crippen molar-refractivity contribution in [2.24, 2.45) is 0 Å². The van der Waals surface area contributed by atoms with E-state index in [1.165, 1.54) is 35.3 Å². The van der Waals surface area contributed by atoms with E-state index in [4.69, 9.17) is 0 Å². The standard InChI is InChI=1S/C13H17N3S/c1-2-13-12(10-15-17-13)9-11(1)3-6-16-7-4-14-5-8-16/h1-2,9-10,14H,3-8H2. The zero-order valence-corrected chi connectivity index (χ0v) is 10.7. The van der Waals surface area contributed by atoms with E-state index in [1.54, 1.807) is 11.5 Å². The molecule has 17 heavy (non-hydrogen) atoms. The Bertz CT molecular complexity index is 488. The van der Waals surface area contributed by atoms with Crippen LogP contribution in [0.15, 0.2) is 24.4 Å². The molecule has 1 aromatic heterocycles. The summed E-state index contributed by atoms with van der Waals surface area (Å²) in [6.07, 6.45) is 3.11. The maximum Gasteiger partial charge on any atom is 0.0550 e. The average molecular weight is 247 g/mol. The monoisotopic (exact) mass is 247 g/mol. The van der Waals surface area contributed by atoms with Gasteiger partial charge in [-0.1, -0.05) is 6.07 Å². The van der Waals surface area contributed by atoms with Gasteiger partial charge in [0, 0.05) is 44.3 Å². The summed E-state index contributed by atoms with van der Waals surface area (Å²) in [6.45, 7) is 5.80. The number of fused-ring (bicyclic) bond motifs is 1. The Balaban J connectivity index is 1.63. The maximum atomic E-state index is 4.22. The summed E-state index contributed by atoms with van der Waals surface area (Å²) in [5.74, 6) is 0. The Labute approximate surface area is 106 Å². The molecular weight excluding hydrogens is 230 g/mol. The van der Waals surface area contributed by atoms with Crippen molar-refractivity contribution in [1.29, 1.82) is 0 Å². The number of piperazine rings is 1. The van der Waals surface area contributed by atoms with Crippen LogP contribution in [-0.2, 0) is 6.42 Å². The molecule has 0 spiro atoms. The molecule has 0 bridgehead atoms. The van der Waals surface area contributed by atoms with E-state index in [1.807, 2.05) is 6.20 Å². The first-order valence-electron chi connectivity index (χ1n) is 6.18. The first-order chi connectivity index (χ1) is 8.42. The Morgan fingerprint density at radius 3 is 3.06 bits per heavy atom. The van der Waals surface area contributed by atoms with Gasteiger partial charge in [0.2, 0.25) is 0 Å². The van der Waals surface area contributed by atoms with Gasteiger partial charge in [-0.25, -0.2) is 0 Å². The SMILES string of the molecule is c1cc2sncc2cc1CCN1CCNCC1. The molecule has 90 valence electrons. The van der Waals surface area contributed by atoms with Crippen LogP contribution in [0, 0.1) is 0 Å². The molecule has 2 aromatic rings. The molecule has 1 aliphatic heterocycles. The van der Waals surface area contributed by atoms with Crippen LogP contribution < -0.4 is 5.32 Å². The van der Waals surface area contributed by atoms with Crippen molar-refractivity contribution in [2.45, 2.75) is 6.42 Å². The molecule has 1 aromatic carbocycles. The van der Waals surface area contributed by atoms with Gasteiger partial charge >= 0.3 is 0 Å². The van der Waals surface area contributed by atoms with E-state index in [-0.39, 0.29) is 0 Å². The van der Waals surface area contributed by atoms with Crippen LogP contribution in [0.2, 0.25) is 0 Å². The summed E-state index contributed by atoms with van der Waals surface area (Å²) in [5, 5.41) is 4.67. The van der Waals surface area contributed by atoms with Crippen LogP contribution in [0.5, 0.6) is 0 Å². The quantitative estimate of drug-likeness (QED) is 0.895. The van der Waals surface area contributed by atoms with Gasteiger partial charge in [-0.15, -0.1) is 0 Å². The zero-order chi connectivity index (χ0) is 11.5. The van der Waals surface area contributed by atoms with Gasteiger partial charge in [0.05, 0.1) is 4.70 Å². The van der Waals surface area contributed by atoms with Gasteiger partial charge in [0.15, 0.2) is 0 Å². The number of rotatable bonds is 3. The second-order valence-corrected chi connectivity index (χ2v) is 5.37. The second kappa shape index (κ2) is 5.12. The fourth-order valence-corrected chi connectivity index (χ4v) is 2.93. The number of hydrogen-bond donors (Lipinski definition) is 1. The third-order valence-electron chi connectivity index (χ3n) is 3.34. The number of nitrogens with one attached hydrogen (secondary N) is 1. The van der Waals surface area contributed by atoms with Crippen LogP contribution in [0.3, 0.4) is 0 Å². The molecule has 4 heteroatoms. The molecule has 0 amide bonds. The first kappa shape index (κ1) is 11.1. The molecule has 1 fully saturated rings. The highest BCUT2D eigenvalue weighted by Crippen LogP contribution is 2.19. The maximum absolute atomic E-state index is 4.22. The molecule has 0 saturated carbocycles. The molecule has 0 radical (unpaired) electrons. The summed E-state index contributed by atoms with van der Waals surface area (Å²) >= 11 is 1.57. The van der Waals surface area contributed by atoms with E-state index < -0.39 is 0 Å². The van der Waals surface area contributed by atoms with E-state index in [0.29, 0.717) is 0 Å². The van der Waals surface area contributed by atoms with E-state index in [2.05, 4.69) is 32.8 Å². The summed E-state index contributed by atoms with van der Waals surface area (Å²) in [4.78, 5) is 2.53. The van der Waals surface area contributed by atoms with E-state index >= 15 is 0 Å². The summed E-state index contributed by atoms with van der Waals surface area (Å²) in [6, 6.07) is 6.71. The lowest BCUT2D eigenvalue weighted by Crippen LogP contribution is -2.44. The Hall–Kier alpha value is -0.970. The van der Waals surface area contributed by atoms with Crippen molar-refractivity contribution in [3.05, 3.63) is 30.0 Å². The van der Waals surface area contributed by atoms with Crippen molar-refractivity contribution >= 4 is 21.6 Å². The molecule has 0 atom stereocenters. The molecule has 0 aliphatic carbocycles. The smallest absolute Gasteiger partial charge is 0.0550 e. The van der Waals surface area contributed by atoms with Gasteiger partial charge in [0.1, 0.15) is 0 Å². The van der Waals surface area contributed by atoms with Crippen molar-refractivity contribution in [3.63, 3.8) is 0 Å². The van der Waals surface area contributed by atoms with Crippen LogP contribution in [0.1, 0.15) is 5.56 Å². The lowest BCUT2D eigenvalue weighted by atomic mass is 10.1. The van der Waals surface area contributed by atoms with Gasteiger partial charge in [0.25, 0.3) is 0 Å². The van der Waals surface area contributed by atoms with E-state index in [0.717, 1.165) is 19.5 Å². The molecule has 1 aliphatic rings. The van der Waals surface area contributed by atoms with Gasteiger partial charge in [-0.3, -0.25) is 0 Å². The average Bonchev–Trinajstić information content (AvgIpc) is 2.85. The molecule has 0 unspecified atom stereocenters. The fraction of sp³-hybridized carbons (Fsp3) is 0.462. The highest BCUT2D eigenvalue weighted by Gasteiger charge is 2.09. The summed E-state index contributed by atoms with van der Waals surface area (Å²) in [5.41, 5.74) is 1.43. The van der Waals surface area contributed by atoms with Crippen LogP contribution >= 0.6 is 11.5 Å². The lowest BCUT2D eigenvalue weighted by molar-refractivity contribution is 0.244. The minimum Gasteiger partial charge on any atom is -0.314 e. The molecule has 1 N–H and O–H groups in total. The third kappa shape index (κ3) is 2.65. The highest BCUT2D eigenvalue weighted by molar-refractivity contribution is 7.13. The van der Waals surface area contributed by atoms with Crippen molar-refractivity contribution < 1.29 is 0 Å². The topological polar surface area (TPSA) is 28.2 Å². The van der Waals surface area contributed by atoms with Gasteiger partial charge < -0.3 is 10.2 Å². The summed E-state index contributed by atoms with van der Waals surface area (Å²) < 4.78 is 5.50. The van der Waals surface area contributed by atoms with Crippen LogP contribution in [0.25, 0.3) is 10.1 Å². The normalized spacial score (nSPS) is 17.6. The van der Waals surface area contributed by atoms with Crippen LogP contribution in [-0.4, -0.2) is 42.0 Å². The number of hydrogen-bond acceptors (Lipinski definition) is 4. The predicted octanol–water partition coefficient (Wildman–Crippen LogP) is 1.74. The predicted molar refractivity (Wildman–Crippen MR) is 72.6 cm³/mol. The second-order valence-electron chi connectivity index (χ2n) is 4.54. The molecule has 3 rings (SSSR count). The van der Waals surface area contributed by atoms with Gasteiger partial charge in [-0.2, -0.15) is 4.37 Å². The minimum atomic E-state index is 1.13. The molecule has 2 heterocycles.